The van der Waals surface area contributed by atoms with E-state index < -0.39 is 0 Å². The second-order valence-electron chi connectivity index (χ2n) is 3.61. The maximum absolute atomic E-state index is 11.6. The Hall–Kier alpha value is -1.20. The maximum Gasteiger partial charge on any atom is 0.228 e. The van der Waals surface area contributed by atoms with Crippen LogP contribution in [0.4, 0.5) is 5.82 Å². The quantitative estimate of drug-likeness (QED) is 0.817. The Labute approximate surface area is 98.2 Å². The van der Waals surface area contributed by atoms with E-state index in [0.717, 1.165) is 19.4 Å². The van der Waals surface area contributed by atoms with Gasteiger partial charge in [0.25, 0.3) is 0 Å². The van der Waals surface area contributed by atoms with E-state index in [9.17, 15) is 4.79 Å². The van der Waals surface area contributed by atoms with Gasteiger partial charge in [0.15, 0.2) is 0 Å². The van der Waals surface area contributed by atoms with E-state index >= 15 is 0 Å². The predicted octanol–water partition coefficient (Wildman–Crippen LogP) is 1.64. The van der Waals surface area contributed by atoms with Gasteiger partial charge in [0, 0.05) is 12.7 Å². The summed E-state index contributed by atoms with van der Waals surface area (Å²) in [5, 5.41) is 2.96. The summed E-state index contributed by atoms with van der Waals surface area (Å²) in [7, 11) is 0. The summed E-state index contributed by atoms with van der Waals surface area (Å²) in [6, 6.07) is 1.51. The first-order valence-electron chi connectivity index (χ1n) is 5.13. The fraction of sp³-hybridized carbons (Fsp3) is 0.500. The fourth-order valence-corrected chi connectivity index (χ4v) is 1.75. The number of nitrogens with one attached hydrogen (secondary N) is 1. The lowest BCUT2D eigenvalue weighted by Gasteiger charge is -2.08. The van der Waals surface area contributed by atoms with Gasteiger partial charge in [-0.05, 0) is 12.8 Å². The van der Waals surface area contributed by atoms with Crippen LogP contribution in [0, 0.1) is 0 Å². The number of ether oxygens (including phenoxy) is 1. The second-order valence-corrected chi connectivity index (χ2v) is 4.00. The number of nitrogens with zero attached hydrogens (tertiary/aromatic N) is 2. The van der Waals surface area contributed by atoms with E-state index in [2.05, 4.69) is 15.3 Å². The number of amides is 1. The molecule has 2 rings (SSSR count). The summed E-state index contributed by atoms with van der Waals surface area (Å²) in [6.45, 7) is 0.747. The highest BCUT2D eigenvalue weighted by Gasteiger charge is 2.19. The molecule has 0 aromatic carbocycles. The zero-order valence-corrected chi connectivity index (χ0v) is 9.41. The van der Waals surface area contributed by atoms with E-state index in [1.54, 1.807) is 0 Å². The zero-order valence-electron chi connectivity index (χ0n) is 8.65. The van der Waals surface area contributed by atoms with Crippen LogP contribution in [0.3, 0.4) is 0 Å². The Bertz CT molecular complexity index is 380. The molecule has 1 aromatic heterocycles. The lowest BCUT2D eigenvalue weighted by molar-refractivity contribution is -0.118. The van der Waals surface area contributed by atoms with Crippen molar-refractivity contribution < 1.29 is 9.53 Å². The molecule has 1 aliphatic heterocycles. The minimum atomic E-state index is -0.110. The van der Waals surface area contributed by atoms with Gasteiger partial charge in [-0.2, -0.15) is 0 Å². The lowest BCUT2D eigenvalue weighted by atomic mass is 10.2. The topological polar surface area (TPSA) is 64.1 Å². The summed E-state index contributed by atoms with van der Waals surface area (Å²) >= 11 is 5.67. The molecule has 1 saturated heterocycles. The monoisotopic (exact) mass is 241 g/mol. The molecule has 1 aliphatic rings. The summed E-state index contributed by atoms with van der Waals surface area (Å²) in [5.74, 6) is 0.310. The molecule has 1 N–H and O–H groups in total. The van der Waals surface area contributed by atoms with Crippen molar-refractivity contribution in [1.82, 2.24) is 9.97 Å². The Morgan fingerprint density at radius 1 is 1.62 bits per heavy atom. The number of anilines is 1. The van der Waals surface area contributed by atoms with Gasteiger partial charge in [-0.1, -0.05) is 11.6 Å². The molecule has 1 atom stereocenters. The first kappa shape index (κ1) is 11.3. The number of aromatic nitrogens is 2. The molecular weight excluding hydrogens is 230 g/mol. The first-order valence-corrected chi connectivity index (χ1v) is 5.51. The molecule has 16 heavy (non-hydrogen) atoms. The number of rotatable bonds is 3. The van der Waals surface area contributed by atoms with Crippen LogP contribution in [0.2, 0.25) is 5.15 Å². The van der Waals surface area contributed by atoms with E-state index in [0.29, 0.717) is 17.4 Å². The Morgan fingerprint density at radius 3 is 3.19 bits per heavy atom. The molecule has 0 spiro atoms. The Balaban J connectivity index is 1.86. The molecule has 1 unspecified atom stereocenters. The van der Waals surface area contributed by atoms with Crippen molar-refractivity contribution in [3.05, 3.63) is 17.5 Å². The molecule has 1 aromatic rings. The zero-order chi connectivity index (χ0) is 11.4. The average Bonchev–Trinajstić information content (AvgIpc) is 2.70. The van der Waals surface area contributed by atoms with Crippen molar-refractivity contribution in [2.24, 2.45) is 0 Å². The smallest absolute Gasteiger partial charge is 0.228 e. The highest BCUT2D eigenvalue weighted by Crippen LogP contribution is 2.16. The SMILES string of the molecule is O=C(CC1CCCO1)Nc1cc(Cl)ncn1. The van der Waals surface area contributed by atoms with Crippen LogP contribution >= 0.6 is 11.6 Å². The molecule has 1 fully saturated rings. The van der Waals surface area contributed by atoms with Crippen molar-refractivity contribution in [2.45, 2.75) is 25.4 Å². The molecule has 5 nitrogen and oxygen atoms in total. The molecule has 1 amide bonds. The molecule has 0 radical (unpaired) electrons. The van der Waals surface area contributed by atoms with Gasteiger partial charge in [-0.3, -0.25) is 4.79 Å². The standard InChI is InChI=1S/C10H12ClN3O2/c11-8-5-9(13-6-12-8)14-10(15)4-7-2-1-3-16-7/h5-7H,1-4H2,(H,12,13,14,15). The molecule has 0 bridgehead atoms. The second kappa shape index (κ2) is 5.23. The number of carbonyl (C=O) groups is 1. The molecule has 0 aliphatic carbocycles. The highest BCUT2D eigenvalue weighted by atomic mass is 35.5. The average molecular weight is 242 g/mol. The number of hydrogen-bond donors (Lipinski definition) is 1. The number of carbonyl (C=O) groups excluding carboxylic acids is 1. The Kier molecular flexibility index (Phi) is 3.69. The third-order valence-corrected chi connectivity index (χ3v) is 2.54. The van der Waals surface area contributed by atoms with Crippen molar-refractivity contribution in [3.8, 4) is 0 Å². The van der Waals surface area contributed by atoms with Crippen molar-refractivity contribution >= 4 is 23.3 Å². The minimum absolute atomic E-state index is 0.0392. The summed E-state index contributed by atoms with van der Waals surface area (Å²) in [4.78, 5) is 19.2. The molecule has 0 saturated carbocycles. The molecule has 2 heterocycles. The van der Waals surface area contributed by atoms with Gasteiger partial charge in [-0.15, -0.1) is 0 Å². The van der Waals surface area contributed by atoms with Gasteiger partial charge in [0.1, 0.15) is 17.3 Å². The summed E-state index contributed by atoms with van der Waals surface area (Å²) in [6.07, 6.45) is 3.68. The largest absolute Gasteiger partial charge is 0.378 e. The summed E-state index contributed by atoms with van der Waals surface area (Å²) in [5.41, 5.74) is 0. The maximum atomic E-state index is 11.6. The molecule has 86 valence electrons. The van der Waals surface area contributed by atoms with Crippen LogP contribution in [-0.2, 0) is 9.53 Å². The normalized spacial score (nSPS) is 19.7. The van der Waals surface area contributed by atoms with Crippen molar-refractivity contribution in [2.75, 3.05) is 11.9 Å². The van der Waals surface area contributed by atoms with Crippen molar-refractivity contribution in [1.29, 1.82) is 0 Å². The van der Waals surface area contributed by atoms with Crippen LogP contribution in [-0.4, -0.2) is 28.6 Å². The van der Waals surface area contributed by atoms with Gasteiger partial charge in [0.2, 0.25) is 5.91 Å². The predicted molar refractivity (Wildman–Crippen MR) is 59.3 cm³/mol. The van der Waals surface area contributed by atoms with E-state index in [4.69, 9.17) is 16.3 Å². The highest BCUT2D eigenvalue weighted by molar-refractivity contribution is 6.29. The molecule has 6 heteroatoms. The van der Waals surface area contributed by atoms with E-state index in [1.165, 1.54) is 12.4 Å². The van der Waals surface area contributed by atoms with Crippen LogP contribution in [0.15, 0.2) is 12.4 Å². The number of halogens is 1. The van der Waals surface area contributed by atoms with Crippen LogP contribution in [0.25, 0.3) is 0 Å². The summed E-state index contributed by atoms with van der Waals surface area (Å²) < 4.78 is 5.37. The van der Waals surface area contributed by atoms with Gasteiger partial charge >= 0.3 is 0 Å². The van der Waals surface area contributed by atoms with Gasteiger partial charge < -0.3 is 10.1 Å². The molecular formula is C10H12ClN3O2. The Morgan fingerprint density at radius 2 is 2.50 bits per heavy atom. The fourth-order valence-electron chi connectivity index (χ4n) is 1.61. The van der Waals surface area contributed by atoms with Crippen LogP contribution in [0.5, 0.6) is 0 Å². The van der Waals surface area contributed by atoms with Crippen molar-refractivity contribution in [3.63, 3.8) is 0 Å². The van der Waals surface area contributed by atoms with Gasteiger partial charge in [-0.25, -0.2) is 9.97 Å². The van der Waals surface area contributed by atoms with Gasteiger partial charge in [0.05, 0.1) is 12.5 Å². The van der Waals surface area contributed by atoms with Crippen LogP contribution in [0.1, 0.15) is 19.3 Å². The third kappa shape index (κ3) is 3.15. The third-order valence-electron chi connectivity index (χ3n) is 2.34. The first-order chi connectivity index (χ1) is 7.74. The number of hydrogen-bond acceptors (Lipinski definition) is 4. The van der Waals surface area contributed by atoms with E-state index in [1.807, 2.05) is 0 Å². The van der Waals surface area contributed by atoms with E-state index in [-0.39, 0.29) is 12.0 Å². The minimum Gasteiger partial charge on any atom is -0.378 e. The lowest BCUT2D eigenvalue weighted by Crippen LogP contribution is -2.19. The van der Waals surface area contributed by atoms with Crippen LogP contribution < -0.4 is 5.32 Å².